The summed E-state index contributed by atoms with van der Waals surface area (Å²) in [5, 5.41) is 1.52. The van der Waals surface area contributed by atoms with E-state index in [1.54, 1.807) is 7.05 Å². The van der Waals surface area contributed by atoms with E-state index >= 15 is 0 Å². The Morgan fingerprint density at radius 3 is 2.53 bits per heavy atom. The maximum Gasteiger partial charge on any atom is 0.338 e. The van der Waals surface area contributed by atoms with E-state index in [2.05, 4.69) is 4.74 Å². The highest BCUT2D eigenvalue weighted by atomic mass is 16.7. The van der Waals surface area contributed by atoms with E-state index in [9.17, 15) is 9.59 Å². The third-order valence-corrected chi connectivity index (χ3v) is 3.39. The van der Waals surface area contributed by atoms with Crippen LogP contribution in [-0.4, -0.2) is 50.4 Å². The number of carbonyl (C=O) groups excluding carboxylic acids is 2. The Kier molecular flexibility index (Phi) is 4.01. The van der Waals surface area contributed by atoms with E-state index in [1.165, 1.54) is 19.3 Å². The molecule has 1 heterocycles. The fraction of sp³-hybridized carbons (Fsp3) is 0.538. The first kappa shape index (κ1) is 13.8. The monoisotopic (exact) mass is 267 g/mol. The molecule has 3 atom stereocenters. The minimum Gasteiger partial charge on any atom is -0.469 e. The summed E-state index contributed by atoms with van der Waals surface area (Å²) in [5.41, 5.74) is 0.948. The van der Waals surface area contributed by atoms with Crippen LogP contribution in [0.1, 0.15) is 6.42 Å². The molecule has 0 saturated carbocycles. The van der Waals surface area contributed by atoms with Gasteiger partial charge in [-0.15, -0.1) is 0 Å². The second-order valence-corrected chi connectivity index (χ2v) is 4.43. The molecule has 0 unspecified atom stereocenters. The first-order valence-electron chi connectivity index (χ1n) is 6.02. The SMILES string of the molecule is COC(=O)[C@H]1[C@@H](C(=O)OC)ON(C)[C@@H]1C1=CCC=C1. The van der Waals surface area contributed by atoms with E-state index in [4.69, 9.17) is 9.57 Å². The molecule has 1 aliphatic carbocycles. The lowest BCUT2D eigenvalue weighted by molar-refractivity contribution is -0.180. The molecule has 6 nitrogen and oxygen atoms in total. The molecule has 0 aromatic rings. The van der Waals surface area contributed by atoms with Crippen LogP contribution in [0, 0.1) is 5.92 Å². The molecule has 1 saturated heterocycles. The van der Waals surface area contributed by atoms with Crippen LogP contribution in [0.5, 0.6) is 0 Å². The highest BCUT2D eigenvalue weighted by molar-refractivity contribution is 5.85. The summed E-state index contributed by atoms with van der Waals surface area (Å²) in [6, 6.07) is -0.338. The van der Waals surface area contributed by atoms with E-state index in [1.807, 2.05) is 18.2 Å². The highest BCUT2D eigenvalue weighted by Crippen LogP contribution is 2.34. The van der Waals surface area contributed by atoms with Gasteiger partial charge < -0.3 is 9.47 Å². The third-order valence-electron chi connectivity index (χ3n) is 3.39. The number of hydroxylamine groups is 2. The summed E-state index contributed by atoms with van der Waals surface area (Å²) >= 11 is 0. The number of hydrogen-bond donors (Lipinski definition) is 0. The van der Waals surface area contributed by atoms with Crippen molar-refractivity contribution in [3.63, 3.8) is 0 Å². The fourth-order valence-corrected chi connectivity index (χ4v) is 2.51. The Hall–Kier alpha value is -1.66. The van der Waals surface area contributed by atoms with Crippen LogP contribution in [-0.2, 0) is 23.9 Å². The minimum absolute atomic E-state index is 0.338. The molecule has 0 radical (unpaired) electrons. The zero-order valence-electron chi connectivity index (χ0n) is 11.2. The Morgan fingerprint density at radius 2 is 2.00 bits per heavy atom. The number of allylic oxidation sites excluding steroid dienone is 2. The molecule has 1 fully saturated rings. The van der Waals surface area contributed by atoms with Gasteiger partial charge in [-0.2, -0.15) is 5.06 Å². The average molecular weight is 267 g/mol. The Bertz CT molecular complexity index is 442. The Labute approximate surface area is 111 Å². The van der Waals surface area contributed by atoms with Crippen molar-refractivity contribution in [2.24, 2.45) is 5.92 Å². The van der Waals surface area contributed by atoms with E-state index in [0.717, 1.165) is 12.0 Å². The molecule has 1 aliphatic heterocycles. The molecule has 0 aromatic carbocycles. The van der Waals surface area contributed by atoms with Gasteiger partial charge in [-0.05, 0) is 12.0 Å². The Morgan fingerprint density at radius 1 is 1.32 bits per heavy atom. The van der Waals surface area contributed by atoms with E-state index < -0.39 is 24.0 Å². The first-order chi connectivity index (χ1) is 9.10. The molecule has 2 aliphatic rings. The number of ether oxygens (including phenoxy) is 2. The van der Waals surface area contributed by atoms with E-state index in [0.29, 0.717) is 0 Å². The van der Waals surface area contributed by atoms with Crippen LogP contribution in [0.2, 0.25) is 0 Å². The molecular weight excluding hydrogens is 250 g/mol. The van der Waals surface area contributed by atoms with Crippen LogP contribution >= 0.6 is 0 Å². The standard InChI is InChI=1S/C13H17NO5/c1-14-10(8-6-4-5-7-8)9(12(15)17-2)11(19-14)13(16)18-3/h4,6-7,9-11H,5H2,1-3H3/t9-,10-,11+/m1/s1. The molecular formula is C13H17NO5. The second-order valence-electron chi connectivity index (χ2n) is 4.43. The molecule has 0 bridgehead atoms. The number of rotatable bonds is 3. The largest absolute Gasteiger partial charge is 0.469 e. The lowest BCUT2D eigenvalue weighted by atomic mass is 9.89. The van der Waals surface area contributed by atoms with Crippen molar-refractivity contribution in [3.05, 3.63) is 23.8 Å². The average Bonchev–Trinajstić information content (AvgIpc) is 3.03. The summed E-state index contributed by atoms with van der Waals surface area (Å²) in [7, 11) is 4.25. The maximum absolute atomic E-state index is 12.0. The highest BCUT2D eigenvalue weighted by Gasteiger charge is 2.52. The zero-order chi connectivity index (χ0) is 14.0. The van der Waals surface area contributed by atoms with Crippen molar-refractivity contribution >= 4 is 11.9 Å². The second kappa shape index (κ2) is 5.54. The van der Waals surface area contributed by atoms with Gasteiger partial charge in [0.2, 0.25) is 0 Å². The molecule has 19 heavy (non-hydrogen) atoms. The van der Waals surface area contributed by atoms with E-state index in [-0.39, 0.29) is 6.04 Å². The topological polar surface area (TPSA) is 65.1 Å². The summed E-state index contributed by atoms with van der Waals surface area (Å²) in [4.78, 5) is 29.2. The van der Waals surface area contributed by atoms with Gasteiger partial charge in [0, 0.05) is 7.05 Å². The summed E-state index contributed by atoms with van der Waals surface area (Å²) < 4.78 is 9.48. The van der Waals surface area contributed by atoms with Crippen molar-refractivity contribution in [1.82, 2.24) is 5.06 Å². The van der Waals surface area contributed by atoms with Gasteiger partial charge in [0.05, 0.1) is 20.3 Å². The lowest BCUT2D eigenvalue weighted by Gasteiger charge is -2.21. The summed E-state index contributed by atoms with van der Waals surface area (Å²) in [6.45, 7) is 0. The fourth-order valence-electron chi connectivity index (χ4n) is 2.51. The summed E-state index contributed by atoms with van der Waals surface area (Å²) in [5.74, 6) is -1.78. The van der Waals surface area contributed by atoms with Gasteiger partial charge in [-0.25, -0.2) is 4.79 Å². The van der Waals surface area contributed by atoms with Gasteiger partial charge >= 0.3 is 11.9 Å². The number of methoxy groups -OCH3 is 2. The quantitative estimate of drug-likeness (QED) is 0.692. The molecule has 0 amide bonds. The van der Waals surface area contributed by atoms with Gasteiger partial charge in [0.25, 0.3) is 0 Å². The smallest absolute Gasteiger partial charge is 0.338 e. The van der Waals surface area contributed by atoms with Crippen molar-refractivity contribution in [3.8, 4) is 0 Å². The van der Waals surface area contributed by atoms with Crippen molar-refractivity contribution in [2.75, 3.05) is 21.3 Å². The van der Waals surface area contributed by atoms with Crippen molar-refractivity contribution in [1.29, 1.82) is 0 Å². The van der Waals surface area contributed by atoms with Crippen LogP contribution in [0.15, 0.2) is 23.8 Å². The minimum atomic E-state index is -0.970. The van der Waals surface area contributed by atoms with Crippen LogP contribution in [0.3, 0.4) is 0 Å². The Balaban J connectivity index is 2.32. The van der Waals surface area contributed by atoms with Crippen LogP contribution < -0.4 is 0 Å². The maximum atomic E-state index is 12.0. The number of carbonyl (C=O) groups is 2. The molecule has 104 valence electrons. The molecule has 6 heteroatoms. The first-order valence-corrected chi connectivity index (χ1v) is 6.02. The number of hydrogen-bond acceptors (Lipinski definition) is 6. The predicted molar refractivity (Wildman–Crippen MR) is 65.8 cm³/mol. The van der Waals surface area contributed by atoms with Gasteiger partial charge in [0.1, 0.15) is 5.92 Å². The predicted octanol–water partition coefficient (Wildman–Crippen LogP) is 0.449. The number of likely N-dealkylation sites (N-methyl/N-ethyl adjacent to an activating group) is 1. The number of nitrogens with zero attached hydrogens (tertiary/aromatic N) is 1. The van der Waals surface area contributed by atoms with Crippen LogP contribution in [0.25, 0.3) is 0 Å². The zero-order valence-corrected chi connectivity index (χ0v) is 11.2. The van der Waals surface area contributed by atoms with Gasteiger partial charge in [-0.1, -0.05) is 18.2 Å². The number of esters is 2. The molecule has 0 spiro atoms. The van der Waals surface area contributed by atoms with Gasteiger partial charge in [-0.3, -0.25) is 9.63 Å². The third kappa shape index (κ3) is 2.41. The molecule has 2 rings (SSSR count). The lowest BCUT2D eigenvalue weighted by Crippen LogP contribution is -2.39. The van der Waals surface area contributed by atoms with Gasteiger partial charge in [0.15, 0.2) is 6.10 Å². The molecule has 0 N–H and O–H groups in total. The van der Waals surface area contributed by atoms with Crippen molar-refractivity contribution in [2.45, 2.75) is 18.6 Å². The molecule has 0 aromatic heterocycles. The summed E-state index contributed by atoms with van der Waals surface area (Å²) in [6.07, 6.45) is 5.77. The van der Waals surface area contributed by atoms with Crippen molar-refractivity contribution < 1.29 is 23.9 Å². The van der Waals surface area contributed by atoms with Crippen LogP contribution in [0.4, 0.5) is 0 Å². The normalized spacial score (nSPS) is 30.3.